The molecular formula is C12H18N2. The van der Waals surface area contributed by atoms with Crippen LogP contribution in [0.3, 0.4) is 0 Å². The van der Waals surface area contributed by atoms with Gasteiger partial charge in [0.15, 0.2) is 0 Å². The van der Waals surface area contributed by atoms with Crippen LogP contribution in [0.25, 0.3) is 0 Å². The van der Waals surface area contributed by atoms with Crippen LogP contribution in [-0.2, 0) is 0 Å². The van der Waals surface area contributed by atoms with Crippen molar-refractivity contribution in [1.82, 2.24) is 4.98 Å². The van der Waals surface area contributed by atoms with Crippen molar-refractivity contribution in [3.63, 3.8) is 0 Å². The Morgan fingerprint density at radius 1 is 1.50 bits per heavy atom. The number of hydrogen-bond acceptors (Lipinski definition) is 2. The van der Waals surface area contributed by atoms with Crippen molar-refractivity contribution in [2.24, 2.45) is 5.92 Å². The van der Waals surface area contributed by atoms with Gasteiger partial charge in [-0.05, 0) is 31.4 Å². The standard InChI is InChI=1S/C12H18N2/c1-4-7-10(2)11(3)14-12-8-5-6-9-13-12/h4-6,8-11H,1,7H2,2-3H3,(H,13,14). The normalized spacial score (nSPS) is 14.4. The van der Waals surface area contributed by atoms with E-state index in [1.165, 1.54) is 0 Å². The fourth-order valence-electron chi connectivity index (χ4n) is 1.29. The van der Waals surface area contributed by atoms with Gasteiger partial charge in [0.1, 0.15) is 5.82 Å². The fourth-order valence-corrected chi connectivity index (χ4v) is 1.29. The summed E-state index contributed by atoms with van der Waals surface area (Å²) in [5.41, 5.74) is 0. The zero-order valence-corrected chi connectivity index (χ0v) is 8.90. The minimum atomic E-state index is 0.419. The molecule has 2 heteroatoms. The van der Waals surface area contributed by atoms with Gasteiger partial charge in [0.25, 0.3) is 0 Å². The third kappa shape index (κ3) is 3.21. The largest absolute Gasteiger partial charge is 0.367 e. The molecule has 14 heavy (non-hydrogen) atoms. The molecule has 0 bridgehead atoms. The van der Waals surface area contributed by atoms with Crippen LogP contribution >= 0.6 is 0 Å². The average Bonchev–Trinajstić information content (AvgIpc) is 2.19. The van der Waals surface area contributed by atoms with Gasteiger partial charge in [-0.2, -0.15) is 0 Å². The maximum atomic E-state index is 4.22. The van der Waals surface area contributed by atoms with E-state index in [0.717, 1.165) is 12.2 Å². The molecular weight excluding hydrogens is 172 g/mol. The maximum Gasteiger partial charge on any atom is 0.126 e. The highest BCUT2D eigenvalue weighted by Gasteiger charge is 2.10. The Labute approximate surface area is 86.1 Å². The first-order valence-electron chi connectivity index (χ1n) is 5.02. The highest BCUT2D eigenvalue weighted by atomic mass is 15.0. The number of nitrogens with one attached hydrogen (secondary N) is 1. The zero-order chi connectivity index (χ0) is 10.4. The number of hydrogen-bond donors (Lipinski definition) is 1. The first kappa shape index (κ1) is 10.8. The minimum absolute atomic E-state index is 0.419. The van der Waals surface area contributed by atoms with E-state index >= 15 is 0 Å². The molecule has 0 aromatic carbocycles. The molecule has 0 saturated heterocycles. The van der Waals surface area contributed by atoms with Crippen molar-refractivity contribution >= 4 is 5.82 Å². The Hall–Kier alpha value is -1.31. The van der Waals surface area contributed by atoms with E-state index in [9.17, 15) is 0 Å². The highest BCUT2D eigenvalue weighted by Crippen LogP contribution is 2.12. The second-order valence-electron chi connectivity index (χ2n) is 3.65. The van der Waals surface area contributed by atoms with Crippen LogP contribution in [0.5, 0.6) is 0 Å². The van der Waals surface area contributed by atoms with Crippen LogP contribution in [0, 0.1) is 5.92 Å². The lowest BCUT2D eigenvalue weighted by Crippen LogP contribution is -2.23. The summed E-state index contributed by atoms with van der Waals surface area (Å²) in [6, 6.07) is 6.31. The predicted octanol–water partition coefficient (Wildman–Crippen LogP) is 3.09. The Morgan fingerprint density at radius 2 is 2.29 bits per heavy atom. The third-order valence-corrected chi connectivity index (χ3v) is 2.43. The van der Waals surface area contributed by atoms with E-state index in [0.29, 0.717) is 12.0 Å². The van der Waals surface area contributed by atoms with Crippen molar-refractivity contribution in [3.05, 3.63) is 37.1 Å². The molecule has 0 fully saturated rings. The molecule has 0 amide bonds. The summed E-state index contributed by atoms with van der Waals surface area (Å²) in [5, 5.41) is 3.37. The Kier molecular flexibility index (Phi) is 4.17. The van der Waals surface area contributed by atoms with E-state index in [2.05, 4.69) is 30.7 Å². The first-order chi connectivity index (χ1) is 6.74. The third-order valence-electron chi connectivity index (χ3n) is 2.43. The summed E-state index contributed by atoms with van der Waals surface area (Å²) in [5.74, 6) is 1.52. The van der Waals surface area contributed by atoms with Gasteiger partial charge in [-0.15, -0.1) is 6.58 Å². The lowest BCUT2D eigenvalue weighted by atomic mass is 10.00. The van der Waals surface area contributed by atoms with Gasteiger partial charge >= 0.3 is 0 Å². The number of pyridine rings is 1. The van der Waals surface area contributed by atoms with Gasteiger partial charge in [0.05, 0.1) is 0 Å². The van der Waals surface area contributed by atoms with Crippen LogP contribution in [-0.4, -0.2) is 11.0 Å². The van der Waals surface area contributed by atoms with Crippen LogP contribution in [0.1, 0.15) is 20.3 Å². The number of nitrogens with zero attached hydrogens (tertiary/aromatic N) is 1. The number of anilines is 1. The van der Waals surface area contributed by atoms with Crippen molar-refractivity contribution in [3.8, 4) is 0 Å². The molecule has 1 aromatic heterocycles. The highest BCUT2D eigenvalue weighted by molar-refractivity contribution is 5.34. The Balaban J connectivity index is 2.48. The van der Waals surface area contributed by atoms with Gasteiger partial charge < -0.3 is 5.32 Å². The molecule has 0 saturated carbocycles. The molecule has 2 unspecified atom stereocenters. The van der Waals surface area contributed by atoms with E-state index < -0.39 is 0 Å². The van der Waals surface area contributed by atoms with Crippen LogP contribution in [0.2, 0.25) is 0 Å². The molecule has 1 aromatic rings. The average molecular weight is 190 g/mol. The number of aromatic nitrogens is 1. The van der Waals surface area contributed by atoms with Crippen molar-refractivity contribution in [2.75, 3.05) is 5.32 Å². The molecule has 76 valence electrons. The molecule has 0 spiro atoms. The second kappa shape index (κ2) is 5.43. The number of allylic oxidation sites excluding steroid dienone is 1. The zero-order valence-electron chi connectivity index (χ0n) is 8.90. The van der Waals surface area contributed by atoms with E-state index in [4.69, 9.17) is 0 Å². The molecule has 0 aliphatic rings. The summed E-state index contributed by atoms with van der Waals surface area (Å²) < 4.78 is 0. The summed E-state index contributed by atoms with van der Waals surface area (Å²) in [4.78, 5) is 4.22. The summed E-state index contributed by atoms with van der Waals surface area (Å²) in [6.07, 6.45) is 4.79. The lowest BCUT2D eigenvalue weighted by Gasteiger charge is -2.20. The van der Waals surface area contributed by atoms with E-state index in [1.807, 2.05) is 24.3 Å². The summed E-state index contributed by atoms with van der Waals surface area (Å²) in [6.45, 7) is 8.13. The SMILES string of the molecule is C=CCC(C)C(C)Nc1ccccn1. The molecule has 1 heterocycles. The van der Waals surface area contributed by atoms with Gasteiger partial charge in [0, 0.05) is 12.2 Å². The summed E-state index contributed by atoms with van der Waals surface area (Å²) >= 11 is 0. The molecule has 2 atom stereocenters. The second-order valence-corrected chi connectivity index (χ2v) is 3.65. The van der Waals surface area contributed by atoms with Crippen molar-refractivity contribution in [1.29, 1.82) is 0 Å². The topological polar surface area (TPSA) is 24.9 Å². The monoisotopic (exact) mass is 190 g/mol. The molecule has 2 nitrogen and oxygen atoms in total. The Bertz CT molecular complexity index is 269. The molecule has 1 N–H and O–H groups in total. The van der Waals surface area contributed by atoms with Crippen LogP contribution in [0.4, 0.5) is 5.82 Å². The summed E-state index contributed by atoms with van der Waals surface area (Å²) in [7, 11) is 0. The van der Waals surface area contributed by atoms with Gasteiger partial charge in [0.2, 0.25) is 0 Å². The lowest BCUT2D eigenvalue weighted by molar-refractivity contribution is 0.516. The predicted molar refractivity (Wildman–Crippen MR) is 61.3 cm³/mol. The number of rotatable bonds is 5. The van der Waals surface area contributed by atoms with Crippen LogP contribution in [0.15, 0.2) is 37.1 Å². The van der Waals surface area contributed by atoms with E-state index in [1.54, 1.807) is 6.20 Å². The quantitative estimate of drug-likeness (QED) is 0.722. The minimum Gasteiger partial charge on any atom is -0.367 e. The molecule has 1 rings (SSSR count). The first-order valence-corrected chi connectivity index (χ1v) is 5.02. The van der Waals surface area contributed by atoms with Crippen molar-refractivity contribution < 1.29 is 0 Å². The molecule has 0 aliphatic heterocycles. The molecule has 0 aliphatic carbocycles. The smallest absolute Gasteiger partial charge is 0.126 e. The van der Waals surface area contributed by atoms with Gasteiger partial charge in [-0.25, -0.2) is 4.98 Å². The van der Waals surface area contributed by atoms with E-state index in [-0.39, 0.29) is 0 Å². The fraction of sp³-hybridized carbons (Fsp3) is 0.417. The van der Waals surface area contributed by atoms with Crippen LogP contribution < -0.4 is 5.32 Å². The van der Waals surface area contributed by atoms with Gasteiger partial charge in [-0.3, -0.25) is 0 Å². The van der Waals surface area contributed by atoms with Crippen molar-refractivity contribution in [2.45, 2.75) is 26.3 Å². The molecule has 0 radical (unpaired) electrons. The Morgan fingerprint density at radius 3 is 2.86 bits per heavy atom. The maximum absolute atomic E-state index is 4.22. The van der Waals surface area contributed by atoms with Gasteiger partial charge in [-0.1, -0.05) is 19.1 Å².